The van der Waals surface area contributed by atoms with E-state index in [0.29, 0.717) is 0 Å². The molecule has 1 saturated carbocycles. The van der Waals surface area contributed by atoms with Crippen LogP contribution in [0.1, 0.15) is 50.7 Å². The minimum absolute atomic E-state index is 0.0999. The highest BCUT2D eigenvalue weighted by atomic mass is 16.5. The molecular weight excluding hydrogens is 240 g/mol. The van der Waals surface area contributed by atoms with Crippen molar-refractivity contribution in [3.8, 4) is 5.75 Å². The Labute approximate surface area is 114 Å². The summed E-state index contributed by atoms with van der Waals surface area (Å²) in [5, 5.41) is 9.79. The fourth-order valence-electron chi connectivity index (χ4n) is 3.12. The Bertz CT molecular complexity index is 437. The molecule has 1 N–H and O–H groups in total. The van der Waals surface area contributed by atoms with E-state index in [1.165, 1.54) is 19.3 Å². The van der Waals surface area contributed by atoms with Crippen molar-refractivity contribution in [1.29, 1.82) is 0 Å². The van der Waals surface area contributed by atoms with Crippen LogP contribution in [0.25, 0.3) is 0 Å². The van der Waals surface area contributed by atoms with Crippen LogP contribution in [0.2, 0.25) is 0 Å². The van der Waals surface area contributed by atoms with Crippen LogP contribution >= 0.6 is 0 Å². The van der Waals surface area contributed by atoms with Gasteiger partial charge in [0.1, 0.15) is 11.9 Å². The SMILES string of the molecule is CC(O)c1ccccc1OC1CCOC2(CCC2)C1. The molecule has 1 aromatic carbocycles. The fourth-order valence-corrected chi connectivity index (χ4v) is 3.12. The van der Waals surface area contributed by atoms with E-state index in [0.717, 1.165) is 30.8 Å². The third-order valence-corrected chi connectivity index (χ3v) is 4.38. The lowest BCUT2D eigenvalue weighted by Gasteiger charge is -2.47. The summed E-state index contributed by atoms with van der Waals surface area (Å²) in [7, 11) is 0. The first-order chi connectivity index (χ1) is 9.19. The second kappa shape index (κ2) is 5.14. The molecule has 1 saturated heterocycles. The molecule has 1 heterocycles. The third-order valence-electron chi connectivity index (χ3n) is 4.38. The first-order valence-electron chi connectivity index (χ1n) is 7.26. The standard InChI is InChI=1S/C16H22O3/c1-12(17)14-5-2-3-6-15(14)19-13-7-10-18-16(11-13)8-4-9-16/h2-3,5-6,12-13,17H,4,7-11H2,1H3. The summed E-state index contributed by atoms with van der Waals surface area (Å²) in [6.45, 7) is 2.57. The predicted octanol–water partition coefficient (Wildman–Crippen LogP) is 3.22. The summed E-state index contributed by atoms with van der Waals surface area (Å²) in [4.78, 5) is 0. The quantitative estimate of drug-likeness (QED) is 0.909. The van der Waals surface area contributed by atoms with E-state index in [1.807, 2.05) is 24.3 Å². The zero-order chi connectivity index (χ0) is 13.3. The second-order valence-electron chi connectivity index (χ2n) is 5.83. The lowest BCUT2D eigenvalue weighted by molar-refractivity contribution is -0.153. The summed E-state index contributed by atoms with van der Waals surface area (Å²) in [5.41, 5.74) is 0.972. The van der Waals surface area contributed by atoms with Gasteiger partial charge in [0, 0.05) is 18.4 Å². The Morgan fingerprint density at radius 3 is 2.84 bits per heavy atom. The molecule has 3 nitrogen and oxygen atoms in total. The first kappa shape index (κ1) is 12.9. The van der Waals surface area contributed by atoms with Gasteiger partial charge < -0.3 is 14.6 Å². The van der Waals surface area contributed by atoms with Crippen LogP contribution in [-0.4, -0.2) is 23.4 Å². The molecule has 104 valence electrons. The number of benzene rings is 1. The number of hydrogen-bond donors (Lipinski definition) is 1. The smallest absolute Gasteiger partial charge is 0.125 e. The summed E-state index contributed by atoms with van der Waals surface area (Å²) in [6, 6.07) is 7.77. The summed E-state index contributed by atoms with van der Waals surface area (Å²) in [5.74, 6) is 0.818. The molecule has 2 unspecified atom stereocenters. The number of aliphatic hydroxyl groups is 1. The van der Waals surface area contributed by atoms with E-state index in [4.69, 9.17) is 9.47 Å². The molecule has 1 aliphatic heterocycles. The second-order valence-corrected chi connectivity index (χ2v) is 5.83. The van der Waals surface area contributed by atoms with Gasteiger partial charge in [-0.3, -0.25) is 0 Å². The van der Waals surface area contributed by atoms with Crippen LogP contribution in [0.15, 0.2) is 24.3 Å². The van der Waals surface area contributed by atoms with Gasteiger partial charge in [-0.05, 0) is 32.3 Å². The van der Waals surface area contributed by atoms with E-state index in [9.17, 15) is 5.11 Å². The minimum Gasteiger partial charge on any atom is -0.490 e. The molecule has 1 spiro atoms. The Morgan fingerprint density at radius 2 is 2.16 bits per heavy atom. The molecule has 0 radical (unpaired) electrons. The molecule has 0 bridgehead atoms. The fraction of sp³-hybridized carbons (Fsp3) is 0.625. The first-order valence-corrected chi connectivity index (χ1v) is 7.26. The van der Waals surface area contributed by atoms with Crippen LogP contribution in [0.4, 0.5) is 0 Å². The molecule has 1 aromatic rings. The number of rotatable bonds is 3. The molecule has 0 amide bonds. The molecule has 3 rings (SSSR count). The molecule has 0 aromatic heterocycles. The van der Waals surface area contributed by atoms with Crippen LogP contribution in [0.5, 0.6) is 5.75 Å². The Kier molecular flexibility index (Phi) is 3.50. The van der Waals surface area contributed by atoms with E-state index >= 15 is 0 Å². The summed E-state index contributed by atoms with van der Waals surface area (Å²) >= 11 is 0. The van der Waals surface area contributed by atoms with E-state index in [-0.39, 0.29) is 11.7 Å². The van der Waals surface area contributed by atoms with Crippen molar-refractivity contribution in [2.75, 3.05) is 6.61 Å². The van der Waals surface area contributed by atoms with Crippen LogP contribution in [-0.2, 0) is 4.74 Å². The van der Waals surface area contributed by atoms with Gasteiger partial charge in [0.2, 0.25) is 0 Å². The molecular formula is C16H22O3. The maximum Gasteiger partial charge on any atom is 0.125 e. The maximum atomic E-state index is 9.79. The van der Waals surface area contributed by atoms with Gasteiger partial charge in [-0.25, -0.2) is 0 Å². The van der Waals surface area contributed by atoms with Crippen LogP contribution in [0, 0.1) is 0 Å². The van der Waals surface area contributed by atoms with Crippen molar-refractivity contribution in [3.63, 3.8) is 0 Å². The van der Waals surface area contributed by atoms with Gasteiger partial charge in [0.05, 0.1) is 18.3 Å². The average molecular weight is 262 g/mol. The molecule has 2 atom stereocenters. The van der Waals surface area contributed by atoms with Gasteiger partial charge in [-0.2, -0.15) is 0 Å². The normalized spacial score (nSPS) is 26.7. The number of ether oxygens (including phenoxy) is 2. The summed E-state index contributed by atoms with van der Waals surface area (Å²) < 4.78 is 12.1. The average Bonchev–Trinajstić information content (AvgIpc) is 2.37. The molecule has 2 aliphatic rings. The van der Waals surface area contributed by atoms with E-state index in [2.05, 4.69) is 0 Å². The molecule has 19 heavy (non-hydrogen) atoms. The topological polar surface area (TPSA) is 38.7 Å². The zero-order valence-electron chi connectivity index (χ0n) is 11.5. The third kappa shape index (κ3) is 2.63. The summed E-state index contributed by atoms with van der Waals surface area (Å²) in [6.07, 6.45) is 5.27. The van der Waals surface area contributed by atoms with Crippen LogP contribution < -0.4 is 4.74 Å². The maximum absolute atomic E-state index is 9.79. The highest BCUT2D eigenvalue weighted by Gasteiger charge is 2.43. The monoisotopic (exact) mass is 262 g/mol. The van der Waals surface area contributed by atoms with Crippen LogP contribution in [0.3, 0.4) is 0 Å². The van der Waals surface area contributed by atoms with Crippen molar-refractivity contribution in [2.24, 2.45) is 0 Å². The van der Waals surface area contributed by atoms with Gasteiger partial charge in [0.15, 0.2) is 0 Å². The lowest BCUT2D eigenvalue weighted by Crippen LogP contribution is -2.48. The molecule has 3 heteroatoms. The van der Waals surface area contributed by atoms with Gasteiger partial charge in [0.25, 0.3) is 0 Å². The van der Waals surface area contributed by atoms with Crippen molar-refractivity contribution in [2.45, 2.75) is 56.8 Å². The minimum atomic E-state index is -0.492. The van der Waals surface area contributed by atoms with Crippen molar-refractivity contribution < 1.29 is 14.6 Å². The number of aliphatic hydroxyl groups excluding tert-OH is 1. The highest BCUT2D eigenvalue weighted by molar-refractivity contribution is 5.35. The van der Waals surface area contributed by atoms with Crippen molar-refractivity contribution >= 4 is 0 Å². The zero-order valence-corrected chi connectivity index (χ0v) is 11.5. The van der Waals surface area contributed by atoms with E-state index < -0.39 is 6.10 Å². The predicted molar refractivity (Wildman–Crippen MR) is 73.3 cm³/mol. The number of para-hydroxylation sites is 1. The van der Waals surface area contributed by atoms with Crippen molar-refractivity contribution in [1.82, 2.24) is 0 Å². The molecule has 2 fully saturated rings. The van der Waals surface area contributed by atoms with Gasteiger partial charge in [-0.1, -0.05) is 18.2 Å². The Morgan fingerprint density at radius 1 is 1.37 bits per heavy atom. The largest absolute Gasteiger partial charge is 0.490 e. The van der Waals surface area contributed by atoms with E-state index in [1.54, 1.807) is 6.92 Å². The van der Waals surface area contributed by atoms with Gasteiger partial charge >= 0.3 is 0 Å². The number of hydrogen-bond acceptors (Lipinski definition) is 3. The lowest BCUT2D eigenvalue weighted by atomic mass is 9.74. The molecule has 1 aliphatic carbocycles. The van der Waals surface area contributed by atoms with Crippen molar-refractivity contribution in [3.05, 3.63) is 29.8 Å². The van der Waals surface area contributed by atoms with Gasteiger partial charge in [-0.15, -0.1) is 0 Å². The Hall–Kier alpha value is -1.06. The Balaban J connectivity index is 1.71. The highest BCUT2D eigenvalue weighted by Crippen LogP contribution is 2.43.